The van der Waals surface area contributed by atoms with Crippen LogP contribution in [0.3, 0.4) is 0 Å². The molecule has 0 atom stereocenters. The first kappa shape index (κ1) is 19.6. The minimum atomic E-state index is -0.592. The van der Waals surface area contributed by atoms with Gasteiger partial charge in [0.1, 0.15) is 17.1 Å². The molecule has 2 amide bonds. The molecule has 0 aliphatic rings. The third kappa shape index (κ3) is 5.69. The summed E-state index contributed by atoms with van der Waals surface area (Å²) >= 11 is 1.10. The minimum absolute atomic E-state index is 0.121. The van der Waals surface area contributed by atoms with Gasteiger partial charge >= 0.3 is 6.09 Å². The van der Waals surface area contributed by atoms with Gasteiger partial charge in [0.2, 0.25) is 0 Å². The van der Waals surface area contributed by atoms with Crippen molar-refractivity contribution in [3.63, 3.8) is 0 Å². The Morgan fingerprint density at radius 3 is 2.62 bits per heavy atom. The Bertz CT molecular complexity index is 802. The van der Waals surface area contributed by atoms with Crippen LogP contribution in [-0.2, 0) is 4.74 Å². The van der Waals surface area contributed by atoms with Gasteiger partial charge in [-0.05, 0) is 38.5 Å². The standard InChI is InChI=1S/C17H21FN4O3S/c1-17(2,3)25-16(24)21-8-7-20-14(23)12-13(26-15(19)22-12)10-5-4-6-11(18)9-10/h4-6,9H,7-8H2,1-3H3,(H2,19,22)(H,20,23)(H,21,24). The summed E-state index contributed by atoms with van der Waals surface area (Å²) in [4.78, 5) is 28.4. The number of nitrogens with two attached hydrogens (primary N) is 1. The number of alkyl carbamates (subject to hydrolysis) is 1. The highest BCUT2D eigenvalue weighted by Crippen LogP contribution is 2.32. The van der Waals surface area contributed by atoms with Crippen molar-refractivity contribution in [1.82, 2.24) is 15.6 Å². The number of carbonyl (C=O) groups excluding carboxylic acids is 2. The van der Waals surface area contributed by atoms with Crippen molar-refractivity contribution in [3.05, 3.63) is 35.8 Å². The van der Waals surface area contributed by atoms with Crippen LogP contribution in [0.4, 0.5) is 14.3 Å². The Morgan fingerprint density at radius 1 is 1.27 bits per heavy atom. The smallest absolute Gasteiger partial charge is 0.407 e. The van der Waals surface area contributed by atoms with Gasteiger partial charge in [-0.25, -0.2) is 14.2 Å². The maximum absolute atomic E-state index is 13.4. The molecule has 0 saturated heterocycles. The molecule has 2 aromatic rings. The normalized spacial score (nSPS) is 11.1. The fourth-order valence-corrected chi connectivity index (χ4v) is 2.88. The second-order valence-electron chi connectivity index (χ2n) is 6.42. The Hall–Kier alpha value is -2.68. The van der Waals surface area contributed by atoms with Gasteiger partial charge in [-0.2, -0.15) is 0 Å². The third-order valence-corrected chi connectivity index (χ3v) is 3.96. The van der Waals surface area contributed by atoms with E-state index in [2.05, 4.69) is 15.6 Å². The largest absolute Gasteiger partial charge is 0.444 e. The van der Waals surface area contributed by atoms with Crippen LogP contribution in [0.1, 0.15) is 31.3 Å². The van der Waals surface area contributed by atoms with Crippen LogP contribution in [0.2, 0.25) is 0 Å². The van der Waals surface area contributed by atoms with Gasteiger partial charge in [0.05, 0.1) is 4.88 Å². The summed E-state index contributed by atoms with van der Waals surface area (Å²) in [5, 5.41) is 5.39. The van der Waals surface area contributed by atoms with E-state index in [0.717, 1.165) is 11.3 Å². The van der Waals surface area contributed by atoms with Crippen molar-refractivity contribution < 1.29 is 18.7 Å². The first-order valence-electron chi connectivity index (χ1n) is 7.93. The van der Waals surface area contributed by atoms with Crippen LogP contribution >= 0.6 is 11.3 Å². The van der Waals surface area contributed by atoms with Gasteiger partial charge in [0, 0.05) is 13.1 Å². The van der Waals surface area contributed by atoms with Crippen molar-refractivity contribution in [2.45, 2.75) is 26.4 Å². The molecule has 7 nitrogen and oxygen atoms in total. The lowest BCUT2D eigenvalue weighted by molar-refractivity contribution is 0.0526. The summed E-state index contributed by atoms with van der Waals surface area (Å²) in [5.41, 5.74) is 5.76. The molecule has 26 heavy (non-hydrogen) atoms. The van der Waals surface area contributed by atoms with E-state index in [9.17, 15) is 14.0 Å². The van der Waals surface area contributed by atoms with Gasteiger partial charge in [0.15, 0.2) is 5.13 Å². The number of aromatic nitrogens is 1. The molecule has 0 bridgehead atoms. The van der Waals surface area contributed by atoms with E-state index in [1.54, 1.807) is 32.9 Å². The number of ether oxygens (including phenoxy) is 1. The van der Waals surface area contributed by atoms with Crippen molar-refractivity contribution in [1.29, 1.82) is 0 Å². The van der Waals surface area contributed by atoms with Crippen LogP contribution in [0.5, 0.6) is 0 Å². The zero-order valence-electron chi connectivity index (χ0n) is 14.8. The zero-order chi connectivity index (χ0) is 19.3. The molecule has 1 aromatic carbocycles. The Morgan fingerprint density at radius 2 is 1.96 bits per heavy atom. The number of amides is 2. The topological polar surface area (TPSA) is 106 Å². The number of hydrogen-bond donors (Lipinski definition) is 3. The number of nitrogen functional groups attached to an aromatic ring is 1. The number of benzene rings is 1. The molecule has 0 unspecified atom stereocenters. The number of nitrogens with one attached hydrogen (secondary N) is 2. The first-order valence-corrected chi connectivity index (χ1v) is 8.74. The zero-order valence-corrected chi connectivity index (χ0v) is 15.6. The Kier molecular flexibility index (Phi) is 6.14. The molecule has 0 saturated carbocycles. The number of hydrogen-bond acceptors (Lipinski definition) is 6. The van der Waals surface area contributed by atoms with Gasteiger partial charge in [0.25, 0.3) is 5.91 Å². The maximum atomic E-state index is 13.4. The second kappa shape index (κ2) is 8.13. The van der Waals surface area contributed by atoms with Gasteiger partial charge in [-0.1, -0.05) is 23.5 Å². The van der Waals surface area contributed by atoms with E-state index in [0.29, 0.717) is 10.4 Å². The molecule has 9 heteroatoms. The lowest BCUT2D eigenvalue weighted by Gasteiger charge is -2.19. The number of anilines is 1. The van der Waals surface area contributed by atoms with E-state index in [-0.39, 0.29) is 23.9 Å². The van der Waals surface area contributed by atoms with Crippen LogP contribution < -0.4 is 16.4 Å². The molecule has 0 fully saturated rings. The fraction of sp³-hybridized carbons (Fsp3) is 0.353. The maximum Gasteiger partial charge on any atom is 0.407 e. The lowest BCUT2D eigenvalue weighted by atomic mass is 10.1. The predicted octanol–water partition coefficient (Wildman–Crippen LogP) is 2.79. The molecule has 4 N–H and O–H groups in total. The fourth-order valence-electron chi connectivity index (χ4n) is 2.05. The molecule has 1 heterocycles. The van der Waals surface area contributed by atoms with Crippen molar-refractivity contribution in [2.24, 2.45) is 0 Å². The molecule has 0 aliphatic carbocycles. The van der Waals surface area contributed by atoms with E-state index >= 15 is 0 Å². The highest BCUT2D eigenvalue weighted by Gasteiger charge is 2.19. The summed E-state index contributed by atoms with van der Waals surface area (Å²) in [6.45, 7) is 5.65. The van der Waals surface area contributed by atoms with Crippen molar-refractivity contribution in [3.8, 4) is 10.4 Å². The molecule has 0 aliphatic heterocycles. The summed E-state index contributed by atoms with van der Waals surface area (Å²) in [6.07, 6.45) is -0.565. The highest BCUT2D eigenvalue weighted by atomic mass is 32.1. The number of rotatable bonds is 5. The molecule has 0 spiro atoms. The van der Waals surface area contributed by atoms with E-state index in [1.165, 1.54) is 12.1 Å². The Labute approximate surface area is 154 Å². The SMILES string of the molecule is CC(C)(C)OC(=O)NCCNC(=O)c1nc(N)sc1-c1cccc(F)c1. The summed E-state index contributed by atoms with van der Waals surface area (Å²) < 4.78 is 18.5. The average molecular weight is 380 g/mol. The molecule has 0 radical (unpaired) electrons. The van der Waals surface area contributed by atoms with Crippen LogP contribution in [-0.4, -0.2) is 35.7 Å². The number of nitrogens with zero attached hydrogens (tertiary/aromatic N) is 1. The number of carbonyl (C=O) groups is 2. The van der Waals surface area contributed by atoms with Gasteiger partial charge in [-0.3, -0.25) is 4.79 Å². The van der Waals surface area contributed by atoms with Crippen LogP contribution in [0.15, 0.2) is 24.3 Å². The summed E-state index contributed by atoms with van der Waals surface area (Å²) in [5.74, 6) is -0.870. The number of thiazole rings is 1. The molecular formula is C17H21FN4O3S. The Balaban J connectivity index is 1.95. The molecule has 1 aromatic heterocycles. The molecule has 2 rings (SSSR count). The quantitative estimate of drug-likeness (QED) is 0.692. The third-order valence-electron chi connectivity index (χ3n) is 3.02. The van der Waals surface area contributed by atoms with Crippen LogP contribution in [0.25, 0.3) is 10.4 Å². The van der Waals surface area contributed by atoms with Crippen molar-refractivity contribution >= 4 is 28.5 Å². The van der Waals surface area contributed by atoms with Gasteiger partial charge in [-0.15, -0.1) is 0 Å². The highest BCUT2D eigenvalue weighted by molar-refractivity contribution is 7.19. The molecule has 140 valence electrons. The van der Waals surface area contributed by atoms with E-state index < -0.39 is 23.4 Å². The van der Waals surface area contributed by atoms with Crippen LogP contribution in [0, 0.1) is 5.82 Å². The summed E-state index contributed by atoms with van der Waals surface area (Å²) in [7, 11) is 0. The van der Waals surface area contributed by atoms with Gasteiger partial charge < -0.3 is 21.1 Å². The minimum Gasteiger partial charge on any atom is -0.444 e. The van der Waals surface area contributed by atoms with E-state index in [4.69, 9.17) is 10.5 Å². The monoisotopic (exact) mass is 380 g/mol. The lowest BCUT2D eigenvalue weighted by Crippen LogP contribution is -2.38. The van der Waals surface area contributed by atoms with E-state index in [1.807, 2.05) is 0 Å². The number of halogens is 1. The van der Waals surface area contributed by atoms with Crippen molar-refractivity contribution in [2.75, 3.05) is 18.8 Å². The molecular weight excluding hydrogens is 359 g/mol. The predicted molar refractivity (Wildman–Crippen MR) is 98.5 cm³/mol. The first-order chi connectivity index (χ1) is 12.2. The summed E-state index contributed by atoms with van der Waals surface area (Å²) in [6, 6.07) is 5.85. The average Bonchev–Trinajstić information content (AvgIpc) is 2.92. The second-order valence-corrected chi connectivity index (χ2v) is 7.46.